The predicted molar refractivity (Wildman–Crippen MR) is 92.1 cm³/mol. The summed E-state index contributed by atoms with van der Waals surface area (Å²) in [6.45, 7) is 1.47. The molecule has 0 saturated heterocycles. The van der Waals surface area contributed by atoms with E-state index in [0.717, 1.165) is 0 Å². The number of nitrogens with zero attached hydrogens (tertiary/aromatic N) is 3. The van der Waals surface area contributed by atoms with E-state index in [-0.39, 0.29) is 5.56 Å². The van der Waals surface area contributed by atoms with Crippen LogP contribution in [0.4, 0.5) is 5.00 Å². The van der Waals surface area contributed by atoms with Crippen LogP contribution in [0.2, 0.25) is 0 Å². The normalized spacial score (nSPS) is 11.5. The van der Waals surface area contributed by atoms with Crippen LogP contribution in [0.1, 0.15) is 22.8 Å². The van der Waals surface area contributed by atoms with Gasteiger partial charge >= 0.3 is 5.97 Å². The number of thiophene rings is 1. The van der Waals surface area contributed by atoms with Gasteiger partial charge in [0.1, 0.15) is 11.1 Å². The van der Waals surface area contributed by atoms with Gasteiger partial charge in [0, 0.05) is 12.4 Å². The Bertz CT molecular complexity index is 993. The summed E-state index contributed by atoms with van der Waals surface area (Å²) in [5, 5.41) is 13.7. The van der Waals surface area contributed by atoms with Crippen molar-refractivity contribution in [2.24, 2.45) is 0 Å². The molecule has 3 rings (SSSR count). The molecule has 7 nitrogen and oxygen atoms in total. The number of hydrogen-bond acceptors (Lipinski definition) is 7. The summed E-state index contributed by atoms with van der Waals surface area (Å²) in [6.07, 6.45) is 2.08. The van der Waals surface area contributed by atoms with E-state index in [1.54, 1.807) is 35.8 Å². The minimum absolute atomic E-state index is 0.279. The summed E-state index contributed by atoms with van der Waals surface area (Å²) in [4.78, 5) is 32.6. The van der Waals surface area contributed by atoms with Gasteiger partial charge in [0.2, 0.25) is 0 Å². The second-order valence-corrected chi connectivity index (χ2v) is 5.99. The number of esters is 1. The monoisotopic (exact) mass is 352 g/mol. The maximum absolute atomic E-state index is 12.2. The lowest BCUT2D eigenvalue weighted by atomic mass is 10.2. The molecule has 2 aromatic heterocycles. The molecule has 2 heterocycles. The number of aromatic nitrogens is 2. The van der Waals surface area contributed by atoms with Gasteiger partial charge < -0.3 is 10.1 Å². The zero-order valence-corrected chi connectivity index (χ0v) is 13.9. The fourth-order valence-corrected chi connectivity index (χ4v) is 2.82. The second-order valence-electron chi connectivity index (χ2n) is 5.07. The van der Waals surface area contributed by atoms with E-state index < -0.39 is 18.0 Å². The van der Waals surface area contributed by atoms with Crippen LogP contribution in [-0.2, 0) is 9.53 Å². The quantitative estimate of drug-likeness (QED) is 0.724. The van der Waals surface area contributed by atoms with Crippen LogP contribution in [0.5, 0.6) is 0 Å². The molecule has 0 aliphatic rings. The molecule has 0 saturated carbocycles. The molecule has 124 valence electrons. The van der Waals surface area contributed by atoms with Gasteiger partial charge in [-0.3, -0.25) is 14.8 Å². The molecule has 0 bridgehead atoms. The summed E-state index contributed by atoms with van der Waals surface area (Å²) >= 11 is 1.23. The van der Waals surface area contributed by atoms with Crippen LogP contribution >= 0.6 is 11.3 Å². The maximum Gasteiger partial charge on any atom is 0.338 e. The summed E-state index contributed by atoms with van der Waals surface area (Å²) in [6, 6.07) is 8.37. The maximum atomic E-state index is 12.2. The summed E-state index contributed by atoms with van der Waals surface area (Å²) < 4.78 is 5.19. The van der Waals surface area contributed by atoms with Crippen molar-refractivity contribution in [1.29, 1.82) is 5.26 Å². The van der Waals surface area contributed by atoms with Gasteiger partial charge in [0.25, 0.3) is 5.91 Å². The van der Waals surface area contributed by atoms with E-state index in [2.05, 4.69) is 15.3 Å². The molecule has 0 fully saturated rings. The average Bonchev–Trinajstić information content (AvgIpc) is 3.08. The van der Waals surface area contributed by atoms with Gasteiger partial charge in [0.15, 0.2) is 6.10 Å². The number of nitrogens with one attached hydrogen (secondary N) is 1. The van der Waals surface area contributed by atoms with Crippen molar-refractivity contribution in [2.45, 2.75) is 13.0 Å². The minimum atomic E-state index is -1.02. The van der Waals surface area contributed by atoms with Gasteiger partial charge in [-0.2, -0.15) is 5.26 Å². The largest absolute Gasteiger partial charge is 0.449 e. The Kier molecular flexibility index (Phi) is 4.68. The Morgan fingerprint density at radius 1 is 1.24 bits per heavy atom. The first kappa shape index (κ1) is 16.5. The predicted octanol–water partition coefficient (Wildman–Crippen LogP) is 2.75. The molecule has 1 N–H and O–H groups in total. The van der Waals surface area contributed by atoms with Gasteiger partial charge in [-0.1, -0.05) is 0 Å². The van der Waals surface area contributed by atoms with E-state index in [1.165, 1.54) is 24.5 Å². The number of nitriles is 1. The zero-order valence-electron chi connectivity index (χ0n) is 13.1. The lowest BCUT2D eigenvalue weighted by Gasteiger charge is -2.13. The summed E-state index contributed by atoms with van der Waals surface area (Å²) in [5.41, 5.74) is 1.87. The van der Waals surface area contributed by atoms with E-state index >= 15 is 0 Å². The number of hydrogen-bond donors (Lipinski definition) is 1. The molecule has 0 radical (unpaired) electrons. The van der Waals surface area contributed by atoms with Gasteiger partial charge in [0.05, 0.1) is 22.2 Å². The van der Waals surface area contributed by atoms with E-state index in [4.69, 9.17) is 10.00 Å². The second kappa shape index (κ2) is 7.07. The third-order valence-electron chi connectivity index (χ3n) is 3.38. The van der Waals surface area contributed by atoms with Crippen LogP contribution in [-0.4, -0.2) is 27.9 Å². The smallest absolute Gasteiger partial charge is 0.338 e. The summed E-state index contributed by atoms with van der Waals surface area (Å²) in [5.74, 6) is -1.14. The Balaban J connectivity index is 1.68. The first-order valence-electron chi connectivity index (χ1n) is 7.28. The van der Waals surface area contributed by atoms with Crippen molar-refractivity contribution in [3.05, 3.63) is 53.2 Å². The highest BCUT2D eigenvalue weighted by atomic mass is 32.1. The van der Waals surface area contributed by atoms with Crippen molar-refractivity contribution in [2.75, 3.05) is 5.32 Å². The Morgan fingerprint density at radius 3 is 2.76 bits per heavy atom. The SMILES string of the molecule is C[C@@H](OC(=O)c1ccc2nccnc2c1)C(=O)Nc1sccc1C#N. The topological polar surface area (TPSA) is 105 Å². The molecular formula is C17H12N4O3S. The fourth-order valence-electron chi connectivity index (χ4n) is 2.08. The molecule has 0 aliphatic heterocycles. The number of carbonyl (C=O) groups excluding carboxylic acids is 2. The number of carbonyl (C=O) groups is 2. The van der Waals surface area contributed by atoms with Gasteiger partial charge in [-0.25, -0.2) is 4.79 Å². The molecule has 0 aliphatic carbocycles. The van der Waals surface area contributed by atoms with Crippen molar-refractivity contribution < 1.29 is 14.3 Å². The van der Waals surface area contributed by atoms with Crippen LogP contribution in [0.15, 0.2) is 42.0 Å². The Hall–Kier alpha value is -3.31. The first-order valence-corrected chi connectivity index (χ1v) is 8.16. The van der Waals surface area contributed by atoms with Crippen LogP contribution < -0.4 is 5.32 Å². The number of ether oxygens (including phenoxy) is 1. The number of fused-ring (bicyclic) bond motifs is 1. The molecule has 25 heavy (non-hydrogen) atoms. The lowest BCUT2D eigenvalue weighted by molar-refractivity contribution is -0.123. The zero-order chi connectivity index (χ0) is 17.8. The van der Waals surface area contributed by atoms with E-state index in [9.17, 15) is 9.59 Å². The van der Waals surface area contributed by atoms with E-state index in [1.807, 2.05) is 6.07 Å². The number of amides is 1. The highest BCUT2D eigenvalue weighted by Gasteiger charge is 2.20. The number of benzene rings is 1. The highest BCUT2D eigenvalue weighted by Crippen LogP contribution is 2.22. The molecule has 0 spiro atoms. The molecule has 1 atom stereocenters. The lowest BCUT2D eigenvalue weighted by Crippen LogP contribution is -2.29. The third-order valence-corrected chi connectivity index (χ3v) is 4.21. The van der Waals surface area contributed by atoms with Crippen molar-refractivity contribution in [3.63, 3.8) is 0 Å². The van der Waals surface area contributed by atoms with Gasteiger partial charge in [-0.05, 0) is 36.6 Å². The van der Waals surface area contributed by atoms with Crippen molar-refractivity contribution in [3.8, 4) is 6.07 Å². The number of rotatable bonds is 4. The molecule has 0 unspecified atom stereocenters. The molecular weight excluding hydrogens is 340 g/mol. The standard InChI is InChI=1S/C17H12N4O3S/c1-10(15(22)21-16-12(9-18)4-7-25-16)24-17(23)11-2-3-13-14(8-11)20-6-5-19-13/h2-8,10H,1H3,(H,21,22)/t10-/m1/s1. The molecule has 3 aromatic rings. The molecule has 8 heteroatoms. The van der Waals surface area contributed by atoms with Crippen molar-refractivity contribution in [1.82, 2.24) is 9.97 Å². The molecule has 1 amide bonds. The first-order chi connectivity index (χ1) is 12.1. The molecule has 1 aromatic carbocycles. The average molecular weight is 352 g/mol. The van der Waals surface area contributed by atoms with Crippen LogP contribution in [0, 0.1) is 11.3 Å². The van der Waals surface area contributed by atoms with Crippen LogP contribution in [0.25, 0.3) is 11.0 Å². The van der Waals surface area contributed by atoms with Gasteiger partial charge in [-0.15, -0.1) is 11.3 Å². The van der Waals surface area contributed by atoms with Crippen molar-refractivity contribution >= 4 is 39.2 Å². The Morgan fingerprint density at radius 2 is 2.00 bits per heavy atom. The Labute approximate surface area is 146 Å². The van der Waals surface area contributed by atoms with E-state index in [0.29, 0.717) is 21.6 Å². The third kappa shape index (κ3) is 3.62. The summed E-state index contributed by atoms with van der Waals surface area (Å²) in [7, 11) is 0. The highest BCUT2D eigenvalue weighted by molar-refractivity contribution is 7.14. The fraction of sp³-hybridized carbons (Fsp3) is 0.118. The van der Waals surface area contributed by atoms with Crippen LogP contribution in [0.3, 0.4) is 0 Å². The minimum Gasteiger partial charge on any atom is -0.449 e. The number of anilines is 1.